The summed E-state index contributed by atoms with van der Waals surface area (Å²) in [4.78, 5) is 13.2. The zero-order valence-corrected chi connectivity index (χ0v) is 19.1. The van der Waals surface area contributed by atoms with Crippen LogP contribution >= 0.6 is 23.2 Å². The summed E-state index contributed by atoms with van der Waals surface area (Å²) in [6.45, 7) is 2.79. The Morgan fingerprint density at radius 3 is 2.59 bits per heavy atom. The zero-order chi connectivity index (χ0) is 22.2. The molecule has 5 rings (SSSR count). The lowest BCUT2D eigenvalue weighted by Gasteiger charge is -2.25. The van der Waals surface area contributed by atoms with Crippen molar-refractivity contribution in [1.29, 1.82) is 0 Å². The van der Waals surface area contributed by atoms with E-state index in [1.807, 2.05) is 34.3 Å². The highest BCUT2D eigenvalue weighted by Gasteiger charge is 2.34. The Morgan fingerprint density at radius 1 is 1.03 bits per heavy atom. The van der Waals surface area contributed by atoms with Gasteiger partial charge in [-0.25, -0.2) is 0 Å². The van der Waals surface area contributed by atoms with E-state index in [1.165, 1.54) is 11.1 Å². The average molecular weight is 465 g/mol. The lowest BCUT2D eigenvalue weighted by Crippen LogP contribution is -2.44. The summed E-state index contributed by atoms with van der Waals surface area (Å²) in [6, 6.07) is 21.6. The molecule has 0 aromatic heterocycles. The summed E-state index contributed by atoms with van der Waals surface area (Å²) in [5, 5.41) is 9.49. The second-order valence-corrected chi connectivity index (χ2v) is 8.93. The number of anilines is 2. The van der Waals surface area contributed by atoms with E-state index in [0.29, 0.717) is 22.2 Å². The molecule has 0 radical (unpaired) electrons. The number of amides is 1. The number of benzene rings is 3. The highest BCUT2D eigenvalue weighted by molar-refractivity contribution is 6.40. The molecular formula is C25H22Cl2N4O. The quantitative estimate of drug-likeness (QED) is 0.538. The fraction of sp³-hybridized carbons (Fsp3) is 0.200. The van der Waals surface area contributed by atoms with Gasteiger partial charge in [-0.2, -0.15) is 5.10 Å². The summed E-state index contributed by atoms with van der Waals surface area (Å²) in [5.74, 6) is -0.202. The van der Waals surface area contributed by atoms with E-state index in [9.17, 15) is 4.79 Å². The molecule has 2 aliphatic rings. The van der Waals surface area contributed by atoms with E-state index >= 15 is 0 Å². The number of aryl methyl sites for hydroxylation is 1. The highest BCUT2D eigenvalue weighted by atomic mass is 35.5. The van der Waals surface area contributed by atoms with Gasteiger partial charge in [0.25, 0.3) is 5.91 Å². The van der Waals surface area contributed by atoms with Gasteiger partial charge in [-0.15, -0.1) is 0 Å². The molecule has 1 amide bonds. The van der Waals surface area contributed by atoms with Crippen molar-refractivity contribution in [2.75, 3.05) is 16.6 Å². The first kappa shape index (κ1) is 20.9. The molecule has 1 atom stereocenters. The van der Waals surface area contributed by atoms with Crippen LogP contribution in [-0.2, 0) is 11.2 Å². The van der Waals surface area contributed by atoms with Gasteiger partial charge in [-0.3, -0.25) is 20.2 Å². The molecule has 5 nitrogen and oxygen atoms in total. The summed E-state index contributed by atoms with van der Waals surface area (Å²) in [7, 11) is 0. The first-order valence-electron chi connectivity index (χ1n) is 10.5. The molecule has 7 heteroatoms. The van der Waals surface area contributed by atoms with Crippen LogP contribution in [0.5, 0.6) is 0 Å². The van der Waals surface area contributed by atoms with Gasteiger partial charge in [-0.05, 0) is 48.7 Å². The van der Waals surface area contributed by atoms with Gasteiger partial charge in [0.2, 0.25) is 0 Å². The Balaban J connectivity index is 1.44. The van der Waals surface area contributed by atoms with Crippen LogP contribution in [0.25, 0.3) is 0 Å². The van der Waals surface area contributed by atoms with Gasteiger partial charge >= 0.3 is 0 Å². The minimum atomic E-state index is -0.202. The van der Waals surface area contributed by atoms with Crippen molar-refractivity contribution in [3.8, 4) is 0 Å². The van der Waals surface area contributed by atoms with Crippen LogP contribution in [-0.4, -0.2) is 18.2 Å². The van der Waals surface area contributed by atoms with E-state index in [1.54, 1.807) is 12.1 Å². The predicted molar refractivity (Wildman–Crippen MR) is 131 cm³/mol. The molecule has 1 unspecified atom stereocenters. The molecule has 3 aromatic rings. The van der Waals surface area contributed by atoms with Crippen molar-refractivity contribution in [3.05, 3.63) is 93.5 Å². The van der Waals surface area contributed by atoms with Gasteiger partial charge in [0.05, 0.1) is 22.4 Å². The highest BCUT2D eigenvalue weighted by Crippen LogP contribution is 2.39. The van der Waals surface area contributed by atoms with Gasteiger partial charge in [-0.1, -0.05) is 71.2 Å². The average Bonchev–Trinajstić information content (AvgIpc) is 3.39. The topological polar surface area (TPSA) is 47.9 Å². The molecule has 0 bridgehead atoms. The van der Waals surface area contributed by atoms with E-state index in [2.05, 4.69) is 42.7 Å². The molecule has 0 fully saturated rings. The van der Waals surface area contributed by atoms with Crippen LogP contribution in [0.4, 0.5) is 11.4 Å². The van der Waals surface area contributed by atoms with Crippen molar-refractivity contribution in [2.45, 2.75) is 25.8 Å². The molecule has 0 spiro atoms. The van der Waals surface area contributed by atoms with Crippen LogP contribution < -0.4 is 15.4 Å². The Hall–Kier alpha value is -3.02. The molecule has 0 saturated heterocycles. The van der Waals surface area contributed by atoms with Crippen molar-refractivity contribution < 1.29 is 4.79 Å². The second-order valence-electron chi connectivity index (χ2n) is 8.09. The first-order chi connectivity index (χ1) is 15.5. The number of hydrazone groups is 1. The van der Waals surface area contributed by atoms with Crippen molar-refractivity contribution in [1.82, 2.24) is 5.43 Å². The summed E-state index contributed by atoms with van der Waals surface area (Å²) in [6.07, 6.45) is 1.38. The molecule has 2 heterocycles. The van der Waals surface area contributed by atoms with Gasteiger partial charge in [0.15, 0.2) is 0 Å². The molecule has 3 aromatic carbocycles. The molecule has 1 N–H and O–H groups in total. The number of fused-ring (bicyclic) bond motifs is 1. The monoisotopic (exact) mass is 464 g/mol. The van der Waals surface area contributed by atoms with E-state index in [4.69, 9.17) is 28.3 Å². The number of hydrogen-bond donors (Lipinski definition) is 1. The van der Waals surface area contributed by atoms with Gasteiger partial charge in [0, 0.05) is 18.0 Å². The standard InChI is InChI=1S/C25H22Cl2N4O/c1-16-6-8-18(9-7-16)24-15-21(28-31(24)23-11-10-19(26)14-20(23)27)25(32)29-30-13-12-17-4-2-3-5-22(17)30/h2-11,14,24H,12-13,15H2,1H3,(H,29,32). The number of nitrogens with one attached hydrogen (secondary N) is 1. The number of hydrogen-bond acceptors (Lipinski definition) is 4. The third-order valence-electron chi connectivity index (χ3n) is 5.91. The maximum Gasteiger partial charge on any atom is 0.286 e. The van der Waals surface area contributed by atoms with Crippen LogP contribution in [0.2, 0.25) is 10.0 Å². The number of rotatable bonds is 4. The Bertz CT molecular complexity index is 1210. The Kier molecular flexibility index (Phi) is 5.53. The number of halogens is 2. The van der Waals surface area contributed by atoms with Crippen molar-refractivity contribution in [3.63, 3.8) is 0 Å². The third-order valence-corrected chi connectivity index (χ3v) is 6.45. The number of para-hydroxylation sites is 1. The SMILES string of the molecule is Cc1ccc(C2CC(C(=O)NN3CCc4ccccc43)=NN2c2ccc(Cl)cc2Cl)cc1. The molecule has 0 saturated carbocycles. The van der Waals surface area contributed by atoms with E-state index in [-0.39, 0.29) is 11.9 Å². The largest absolute Gasteiger partial charge is 0.286 e. The minimum Gasteiger partial charge on any atom is -0.285 e. The Labute approximate surface area is 197 Å². The summed E-state index contributed by atoms with van der Waals surface area (Å²) >= 11 is 12.6. The lowest BCUT2D eigenvalue weighted by atomic mass is 10.00. The van der Waals surface area contributed by atoms with Gasteiger partial charge in [0.1, 0.15) is 5.71 Å². The smallest absolute Gasteiger partial charge is 0.285 e. The summed E-state index contributed by atoms with van der Waals surface area (Å²) in [5.41, 5.74) is 8.73. The normalized spacial score (nSPS) is 17.3. The van der Waals surface area contributed by atoms with Crippen LogP contribution in [0.15, 0.2) is 71.8 Å². The Morgan fingerprint density at radius 2 is 1.81 bits per heavy atom. The molecular weight excluding hydrogens is 443 g/mol. The molecule has 32 heavy (non-hydrogen) atoms. The van der Waals surface area contributed by atoms with E-state index < -0.39 is 0 Å². The number of nitrogens with zero attached hydrogens (tertiary/aromatic N) is 3. The molecule has 162 valence electrons. The van der Waals surface area contributed by atoms with Crippen LogP contribution in [0.1, 0.15) is 29.2 Å². The fourth-order valence-corrected chi connectivity index (χ4v) is 4.72. The van der Waals surface area contributed by atoms with Crippen LogP contribution in [0.3, 0.4) is 0 Å². The fourth-order valence-electron chi connectivity index (χ4n) is 4.23. The number of carbonyl (C=O) groups is 1. The number of hydrazine groups is 1. The maximum absolute atomic E-state index is 13.2. The molecule has 0 aliphatic carbocycles. The van der Waals surface area contributed by atoms with Crippen molar-refractivity contribution >= 4 is 46.2 Å². The summed E-state index contributed by atoms with van der Waals surface area (Å²) < 4.78 is 0. The maximum atomic E-state index is 13.2. The molecule has 2 aliphatic heterocycles. The number of carbonyl (C=O) groups excluding carboxylic acids is 1. The van der Waals surface area contributed by atoms with Crippen LogP contribution in [0, 0.1) is 6.92 Å². The van der Waals surface area contributed by atoms with Gasteiger partial charge < -0.3 is 0 Å². The predicted octanol–water partition coefficient (Wildman–Crippen LogP) is 5.70. The second kappa shape index (κ2) is 8.49. The van der Waals surface area contributed by atoms with Crippen molar-refractivity contribution in [2.24, 2.45) is 5.10 Å². The zero-order valence-electron chi connectivity index (χ0n) is 17.6. The minimum absolute atomic E-state index is 0.138. The third kappa shape index (κ3) is 3.94. The first-order valence-corrected chi connectivity index (χ1v) is 11.3. The van der Waals surface area contributed by atoms with E-state index in [0.717, 1.165) is 29.9 Å². The lowest BCUT2D eigenvalue weighted by molar-refractivity contribution is -0.115.